The number of hydrogen-bond acceptors (Lipinski definition) is 4. The van der Waals surface area contributed by atoms with Crippen molar-refractivity contribution in [1.29, 1.82) is 0 Å². The molecule has 1 unspecified atom stereocenters. The smallest absolute Gasteiger partial charge is 0.364 e. The molecule has 1 fully saturated rings. The van der Waals surface area contributed by atoms with Gasteiger partial charge in [0.1, 0.15) is 11.3 Å². The van der Waals surface area contributed by atoms with Crippen LogP contribution in [-0.4, -0.2) is 44.8 Å². The second-order valence-corrected chi connectivity index (χ2v) is 8.73. The predicted molar refractivity (Wildman–Crippen MR) is 119 cm³/mol. The Morgan fingerprint density at radius 1 is 1.24 bits per heavy atom. The van der Waals surface area contributed by atoms with Crippen LogP contribution in [0.25, 0.3) is 11.0 Å². The van der Waals surface area contributed by atoms with Gasteiger partial charge in [-0.25, -0.2) is 4.39 Å². The SMILES string of the molecule is CC[C@@H]1CN(c2cc(=O)n(C)c3cn[nH]c23)[C@@H](C)CN1C(C)c1ccc(C(F)(F)F)cc1F. The highest BCUT2D eigenvalue weighted by atomic mass is 19.4. The van der Waals surface area contributed by atoms with Gasteiger partial charge in [-0.2, -0.15) is 18.3 Å². The number of pyridine rings is 1. The summed E-state index contributed by atoms with van der Waals surface area (Å²) in [5.74, 6) is -0.854. The quantitative estimate of drug-likeness (QED) is 0.578. The van der Waals surface area contributed by atoms with Crippen molar-refractivity contribution < 1.29 is 17.6 Å². The molecule has 3 atom stereocenters. The largest absolute Gasteiger partial charge is 0.416 e. The van der Waals surface area contributed by atoms with Gasteiger partial charge in [-0.1, -0.05) is 13.0 Å². The zero-order chi connectivity index (χ0) is 24.1. The van der Waals surface area contributed by atoms with E-state index < -0.39 is 23.6 Å². The van der Waals surface area contributed by atoms with Gasteiger partial charge >= 0.3 is 6.18 Å². The lowest BCUT2D eigenvalue weighted by molar-refractivity contribution is -0.137. The van der Waals surface area contributed by atoms with Gasteiger partial charge in [0, 0.05) is 49.9 Å². The molecule has 0 spiro atoms. The van der Waals surface area contributed by atoms with Crippen LogP contribution in [0.4, 0.5) is 23.2 Å². The summed E-state index contributed by atoms with van der Waals surface area (Å²) in [6.07, 6.45) is -2.21. The number of rotatable bonds is 4. The summed E-state index contributed by atoms with van der Waals surface area (Å²) in [6.45, 7) is 7.02. The van der Waals surface area contributed by atoms with Gasteiger partial charge < -0.3 is 9.47 Å². The molecular weight excluding hydrogens is 438 g/mol. The van der Waals surface area contributed by atoms with E-state index in [0.29, 0.717) is 24.7 Å². The number of benzene rings is 1. The number of H-pyrrole nitrogens is 1. The van der Waals surface area contributed by atoms with E-state index >= 15 is 0 Å². The van der Waals surface area contributed by atoms with E-state index in [0.717, 1.165) is 23.7 Å². The Bertz CT molecular complexity index is 1220. The zero-order valence-corrected chi connectivity index (χ0v) is 18.9. The number of piperazine rings is 1. The maximum absolute atomic E-state index is 14.7. The van der Waals surface area contributed by atoms with Gasteiger partial charge in [0.15, 0.2) is 0 Å². The van der Waals surface area contributed by atoms with Crippen LogP contribution in [0.15, 0.2) is 35.3 Å². The summed E-state index contributed by atoms with van der Waals surface area (Å²) in [6, 6.07) is 3.93. The van der Waals surface area contributed by atoms with E-state index in [-0.39, 0.29) is 23.2 Å². The molecule has 33 heavy (non-hydrogen) atoms. The molecule has 4 rings (SSSR count). The summed E-state index contributed by atoms with van der Waals surface area (Å²) >= 11 is 0. The lowest BCUT2D eigenvalue weighted by atomic mass is 9.97. The molecular formula is C23H27F4N5O. The maximum atomic E-state index is 14.7. The average molecular weight is 465 g/mol. The van der Waals surface area contributed by atoms with E-state index in [2.05, 4.69) is 20.0 Å². The minimum absolute atomic E-state index is 0.0138. The third-order valence-electron chi connectivity index (χ3n) is 6.77. The van der Waals surface area contributed by atoms with E-state index in [4.69, 9.17) is 0 Å². The summed E-state index contributed by atoms with van der Waals surface area (Å²) < 4.78 is 55.1. The van der Waals surface area contributed by atoms with Crippen molar-refractivity contribution in [2.24, 2.45) is 7.05 Å². The molecule has 0 bridgehead atoms. The first-order valence-corrected chi connectivity index (χ1v) is 10.9. The lowest BCUT2D eigenvalue weighted by Crippen LogP contribution is -2.58. The third-order valence-corrected chi connectivity index (χ3v) is 6.77. The van der Waals surface area contributed by atoms with Crippen molar-refractivity contribution in [2.45, 2.75) is 51.5 Å². The van der Waals surface area contributed by atoms with E-state index in [1.807, 2.05) is 20.8 Å². The van der Waals surface area contributed by atoms with Crippen LogP contribution >= 0.6 is 0 Å². The van der Waals surface area contributed by atoms with Crippen LogP contribution in [0.5, 0.6) is 0 Å². The Balaban J connectivity index is 1.64. The van der Waals surface area contributed by atoms with Crippen molar-refractivity contribution in [3.05, 3.63) is 57.8 Å². The molecule has 10 heteroatoms. The van der Waals surface area contributed by atoms with Crippen molar-refractivity contribution in [3.63, 3.8) is 0 Å². The number of aromatic nitrogens is 3. The molecule has 2 aromatic heterocycles. The van der Waals surface area contributed by atoms with Crippen LogP contribution in [-0.2, 0) is 13.2 Å². The second-order valence-electron chi connectivity index (χ2n) is 8.73. The van der Waals surface area contributed by atoms with Crippen LogP contribution < -0.4 is 10.5 Å². The van der Waals surface area contributed by atoms with Crippen LogP contribution in [0, 0.1) is 5.82 Å². The number of alkyl halides is 3. The first-order chi connectivity index (χ1) is 15.5. The molecule has 3 heterocycles. The molecule has 1 aromatic carbocycles. The Morgan fingerprint density at radius 2 is 1.97 bits per heavy atom. The fourth-order valence-electron chi connectivity index (χ4n) is 4.81. The first-order valence-electron chi connectivity index (χ1n) is 10.9. The number of nitrogens with zero attached hydrogens (tertiary/aromatic N) is 4. The molecule has 0 amide bonds. The molecule has 1 N–H and O–H groups in total. The minimum atomic E-state index is -4.58. The Kier molecular flexibility index (Phi) is 5.98. The van der Waals surface area contributed by atoms with Crippen LogP contribution in [0.1, 0.15) is 44.4 Å². The maximum Gasteiger partial charge on any atom is 0.416 e. The van der Waals surface area contributed by atoms with Gasteiger partial charge in [-0.3, -0.25) is 14.8 Å². The zero-order valence-electron chi connectivity index (χ0n) is 18.9. The second kappa shape index (κ2) is 8.48. The number of nitrogens with one attached hydrogen (secondary N) is 1. The number of hydrogen-bond donors (Lipinski definition) is 1. The molecule has 178 valence electrons. The van der Waals surface area contributed by atoms with Crippen molar-refractivity contribution in [3.8, 4) is 0 Å². The van der Waals surface area contributed by atoms with Gasteiger partial charge in [0.2, 0.25) is 0 Å². The molecule has 0 saturated carbocycles. The van der Waals surface area contributed by atoms with Crippen molar-refractivity contribution >= 4 is 16.7 Å². The highest BCUT2D eigenvalue weighted by Crippen LogP contribution is 2.36. The van der Waals surface area contributed by atoms with E-state index in [1.165, 1.54) is 10.6 Å². The molecule has 1 saturated heterocycles. The molecule has 0 aliphatic carbocycles. The van der Waals surface area contributed by atoms with Crippen molar-refractivity contribution in [1.82, 2.24) is 19.7 Å². The van der Waals surface area contributed by atoms with E-state index in [1.54, 1.807) is 19.3 Å². The Morgan fingerprint density at radius 3 is 2.61 bits per heavy atom. The normalized spacial score (nSPS) is 21.0. The predicted octanol–water partition coefficient (Wildman–Crippen LogP) is 4.47. The highest BCUT2D eigenvalue weighted by Gasteiger charge is 2.37. The molecule has 6 nitrogen and oxygen atoms in total. The Labute approximate surface area is 188 Å². The van der Waals surface area contributed by atoms with Crippen molar-refractivity contribution in [2.75, 3.05) is 18.0 Å². The number of aryl methyl sites for hydroxylation is 1. The van der Waals surface area contributed by atoms with Crippen LogP contribution in [0.3, 0.4) is 0 Å². The summed E-state index contributed by atoms with van der Waals surface area (Å²) in [5, 5.41) is 7.08. The summed E-state index contributed by atoms with van der Waals surface area (Å²) in [7, 11) is 1.69. The van der Waals surface area contributed by atoms with E-state index in [9.17, 15) is 22.4 Å². The number of aromatic amines is 1. The summed E-state index contributed by atoms with van der Waals surface area (Å²) in [4.78, 5) is 16.8. The van der Waals surface area contributed by atoms with Crippen LogP contribution in [0.2, 0.25) is 0 Å². The highest BCUT2D eigenvalue weighted by molar-refractivity contribution is 5.88. The average Bonchev–Trinajstić information content (AvgIpc) is 3.25. The monoisotopic (exact) mass is 465 g/mol. The number of fused-ring (bicyclic) bond motifs is 1. The van der Waals surface area contributed by atoms with Gasteiger partial charge in [-0.05, 0) is 32.4 Å². The molecule has 1 aliphatic heterocycles. The topological polar surface area (TPSA) is 57.2 Å². The number of anilines is 1. The molecule has 3 aromatic rings. The fourth-order valence-corrected chi connectivity index (χ4v) is 4.81. The van der Waals surface area contributed by atoms with Gasteiger partial charge in [-0.15, -0.1) is 0 Å². The number of halogens is 4. The summed E-state index contributed by atoms with van der Waals surface area (Å²) in [5.41, 5.74) is 1.36. The minimum Gasteiger partial charge on any atom is -0.364 e. The lowest BCUT2D eigenvalue weighted by Gasteiger charge is -2.48. The first kappa shape index (κ1) is 23.3. The molecule has 0 radical (unpaired) electrons. The third kappa shape index (κ3) is 4.12. The van der Waals surface area contributed by atoms with Gasteiger partial charge in [0.25, 0.3) is 5.56 Å². The standard InChI is InChI=1S/C23H27F4N5O/c1-5-16-12-31(19-9-21(33)30(4)20-10-28-29-22(19)20)13(2)11-32(16)14(3)17-7-6-15(8-18(17)24)23(25,26)27/h6-10,13-14,16H,5,11-12H2,1-4H3,(H,28,29)/t13-,14?,16+/m0/s1. The van der Waals surface area contributed by atoms with Gasteiger partial charge in [0.05, 0.1) is 23.0 Å². The fraction of sp³-hybridized carbons (Fsp3) is 0.478. The Hall–Kier alpha value is -2.88. The molecule has 1 aliphatic rings.